The van der Waals surface area contributed by atoms with Crippen molar-refractivity contribution in [2.75, 3.05) is 29.5 Å². The molecule has 0 aliphatic heterocycles. The van der Waals surface area contributed by atoms with E-state index in [9.17, 15) is 9.59 Å². The van der Waals surface area contributed by atoms with Crippen molar-refractivity contribution >= 4 is 39.7 Å². The smallest absolute Gasteiger partial charge is 0.238 e. The third kappa shape index (κ3) is 5.64. The monoisotopic (exact) mass is 347 g/mol. The molecule has 1 aromatic heterocycles. The van der Waals surface area contributed by atoms with Gasteiger partial charge < -0.3 is 16.4 Å². The van der Waals surface area contributed by atoms with E-state index >= 15 is 0 Å². The zero-order chi connectivity index (χ0) is 17.5. The Morgan fingerprint density at radius 1 is 1.21 bits per heavy atom. The van der Waals surface area contributed by atoms with Crippen molar-refractivity contribution in [3.63, 3.8) is 0 Å². The van der Waals surface area contributed by atoms with Crippen LogP contribution in [0.3, 0.4) is 0 Å². The number of benzene rings is 1. The van der Waals surface area contributed by atoms with E-state index in [1.807, 2.05) is 11.8 Å². The van der Waals surface area contributed by atoms with Crippen LogP contribution < -0.4 is 16.4 Å². The minimum atomic E-state index is -0.130. The summed E-state index contributed by atoms with van der Waals surface area (Å²) in [6, 6.07) is 7.00. The van der Waals surface area contributed by atoms with Gasteiger partial charge in [-0.3, -0.25) is 14.5 Å². The van der Waals surface area contributed by atoms with Crippen molar-refractivity contribution in [3.8, 4) is 0 Å². The maximum Gasteiger partial charge on any atom is 0.238 e. The second-order valence-corrected chi connectivity index (χ2v) is 6.42. The first-order valence-corrected chi connectivity index (χ1v) is 8.38. The molecule has 0 saturated carbocycles. The Bertz CT molecular complexity index is 699. The third-order valence-corrected chi connectivity index (χ3v) is 4.07. The van der Waals surface area contributed by atoms with E-state index in [2.05, 4.69) is 15.6 Å². The summed E-state index contributed by atoms with van der Waals surface area (Å²) in [7, 11) is 0. The summed E-state index contributed by atoms with van der Waals surface area (Å²) in [5.41, 5.74) is 7.01. The van der Waals surface area contributed by atoms with Crippen molar-refractivity contribution in [1.29, 1.82) is 0 Å². The van der Waals surface area contributed by atoms with Gasteiger partial charge in [-0.1, -0.05) is 6.92 Å². The van der Waals surface area contributed by atoms with Crippen molar-refractivity contribution in [3.05, 3.63) is 35.3 Å². The fraction of sp³-hybridized carbons (Fsp3) is 0.312. The molecule has 0 aliphatic carbocycles. The predicted octanol–water partition coefficient (Wildman–Crippen LogP) is 2.14. The van der Waals surface area contributed by atoms with Crippen LogP contribution in [-0.2, 0) is 16.1 Å². The molecule has 0 atom stereocenters. The standard InChI is InChI=1S/C16H21N5O2S/c1-3-21(9-14-8-18-16(17)24-14)10-15(23)20-13-6-4-12(5-7-13)19-11(2)22/h4-8H,3,9-10H2,1-2H3,(H2,17,18)(H,19,22)(H,20,23). The van der Waals surface area contributed by atoms with E-state index in [-0.39, 0.29) is 18.4 Å². The minimum Gasteiger partial charge on any atom is -0.375 e. The largest absolute Gasteiger partial charge is 0.375 e. The molecule has 1 aromatic carbocycles. The van der Waals surface area contributed by atoms with Crippen molar-refractivity contribution in [2.24, 2.45) is 0 Å². The molecule has 24 heavy (non-hydrogen) atoms. The molecule has 2 amide bonds. The second kappa shape index (κ2) is 8.42. The lowest BCUT2D eigenvalue weighted by molar-refractivity contribution is -0.117. The highest BCUT2D eigenvalue weighted by atomic mass is 32.1. The normalized spacial score (nSPS) is 10.6. The molecule has 0 fully saturated rings. The topological polar surface area (TPSA) is 100 Å². The maximum absolute atomic E-state index is 12.2. The van der Waals surface area contributed by atoms with Gasteiger partial charge in [0.25, 0.3) is 0 Å². The summed E-state index contributed by atoms with van der Waals surface area (Å²) < 4.78 is 0. The number of amides is 2. The van der Waals surface area contributed by atoms with Gasteiger partial charge in [0.05, 0.1) is 6.54 Å². The summed E-state index contributed by atoms with van der Waals surface area (Å²) >= 11 is 1.43. The molecule has 0 radical (unpaired) electrons. The van der Waals surface area contributed by atoms with E-state index in [0.29, 0.717) is 23.1 Å². The van der Waals surface area contributed by atoms with Crippen LogP contribution in [0.1, 0.15) is 18.7 Å². The van der Waals surface area contributed by atoms with E-state index < -0.39 is 0 Å². The van der Waals surface area contributed by atoms with Gasteiger partial charge in [-0.15, -0.1) is 11.3 Å². The molecule has 0 saturated heterocycles. The summed E-state index contributed by atoms with van der Waals surface area (Å²) in [5.74, 6) is -0.226. The molecular formula is C16H21N5O2S. The Labute approximate surface area is 144 Å². The molecule has 1 heterocycles. The number of aromatic nitrogens is 1. The number of hydrogen-bond acceptors (Lipinski definition) is 6. The van der Waals surface area contributed by atoms with Gasteiger partial charge in [0.1, 0.15) is 0 Å². The molecule has 0 aliphatic rings. The van der Waals surface area contributed by atoms with E-state index in [1.165, 1.54) is 18.3 Å². The third-order valence-electron chi connectivity index (χ3n) is 3.25. The van der Waals surface area contributed by atoms with Gasteiger partial charge in [0.15, 0.2) is 5.13 Å². The summed E-state index contributed by atoms with van der Waals surface area (Å²) in [4.78, 5) is 30.2. The molecule has 2 rings (SSSR count). The number of hydrogen-bond donors (Lipinski definition) is 3. The number of nitrogens with zero attached hydrogens (tertiary/aromatic N) is 2. The highest BCUT2D eigenvalue weighted by Gasteiger charge is 2.11. The van der Waals surface area contributed by atoms with Gasteiger partial charge in [0.2, 0.25) is 11.8 Å². The molecule has 8 heteroatoms. The summed E-state index contributed by atoms with van der Waals surface area (Å²) in [5, 5.41) is 6.06. The number of rotatable bonds is 7. The lowest BCUT2D eigenvalue weighted by Gasteiger charge is -2.18. The van der Waals surface area contributed by atoms with Gasteiger partial charge >= 0.3 is 0 Å². The van der Waals surface area contributed by atoms with E-state index in [0.717, 1.165) is 11.4 Å². The fourth-order valence-corrected chi connectivity index (χ4v) is 2.87. The lowest BCUT2D eigenvalue weighted by Crippen LogP contribution is -2.32. The molecule has 0 spiro atoms. The van der Waals surface area contributed by atoms with Crippen LogP contribution >= 0.6 is 11.3 Å². The van der Waals surface area contributed by atoms with Crippen LogP contribution in [0.5, 0.6) is 0 Å². The van der Waals surface area contributed by atoms with Crippen molar-refractivity contribution in [1.82, 2.24) is 9.88 Å². The lowest BCUT2D eigenvalue weighted by atomic mass is 10.2. The first kappa shape index (κ1) is 17.9. The first-order valence-electron chi connectivity index (χ1n) is 7.56. The van der Waals surface area contributed by atoms with Crippen LogP contribution in [0.25, 0.3) is 0 Å². The molecule has 4 N–H and O–H groups in total. The molecule has 0 unspecified atom stereocenters. The van der Waals surface area contributed by atoms with Gasteiger partial charge in [-0.25, -0.2) is 4.98 Å². The molecule has 2 aromatic rings. The number of nitrogens with one attached hydrogen (secondary N) is 2. The van der Waals surface area contributed by atoms with Crippen LogP contribution in [0, 0.1) is 0 Å². The maximum atomic E-state index is 12.2. The van der Waals surface area contributed by atoms with Crippen LogP contribution in [0.4, 0.5) is 16.5 Å². The Morgan fingerprint density at radius 3 is 2.33 bits per heavy atom. The predicted molar refractivity (Wildman–Crippen MR) is 96.9 cm³/mol. The highest BCUT2D eigenvalue weighted by molar-refractivity contribution is 7.15. The number of anilines is 3. The van der Waals surface area contributed by atoms with Crippen molar-refractivity contribution < 1.29 is 9.59 Å². The van der Waals surface area contributed by atoms with Crippen LogP contribution in [0.15, 0.2) is 30.5 Å². The number of likely N-dealkylation sites (N-methyl/N-ethyl adjacent to an activating group) is 1. The number of carbonyl (C=O) groups is 2. The summed E-state index contributed by atoms with van der Waals surface area (Å²) in [6.07, 6.45) is 1.74. The Balaban J connectivity index is 1.87. The highest BCUT2D eigenvalue weighted by Crippen LogP contribution is 2.17. The average Bonchev–Trinajstić information content (AvgIpc) is 2.93. The van der Waals surface area contributed by atoms with Crippen LogP contribution in [-0.4, -0.2) is 34.8 Å². The van der Waals surface area contributed by atoms with Gasteiger partial charge in [0, 0.05) is 35.9 Å². The zero-order valence-electron chi connectivity index (χ0n) is 13.7. The second-order valence-electron chi connectivity index (χ2n) is 5.27. The Hall–Kier alpha value is -2.45. The number of nitrogens with two attached hydrogens (primary N) is 1. The molecule has 0 bridgehead atoms. The first-order chi connectivity index (χ1) is 11.5. The average molecular weight is 347 g/mol. The Morgan fingerprint density at radius 2 is 1.83 bits per heavy atom. The molecule has 7 nitrogen and oxygen atoms in total. The quantitative estimate of drug-likeness (QED) is 0.712. The molecule has 128 valence electrons. The zero-order valence-corrected chi connectivity index (χ0v) is 14.5. The van der Waals surface area contributed by atoms with E-state index in [4.69, 9.17) is 5.73 Å². The van der Waals surface area contributed by atoms with Crippen LogP contribution in [0.2, 0.25) is 0 Å². The minimum absolute atomic E-state index is 0.0957. The fourth-order valence-electron chi connectivity index (χ4n) is 2.14. The van der Waals surface area contributed by atoms with E-state index in [1.54, 1.807) is 30.5 Å². The van der Waals surface area contributed by atoms with Gasteiger partial charge in [-0.05, 0) is 30.8 Å². The SMILES string of the molecule is CCN(CC(=O)Nc1ccc(NC(C)=O)cc1)Cc1cnc(N)s1. The molecular weight excluding hydrogens is 326 g/mol. The number of nitrogen functional groups attached to an aromatic ring is 1. The Kier molecular flexibility index (Phi) is 6.28. The van der Waals surface area contributed by atoms with Crippen molar-refractivity contribution in [2.45, 2.75) is 20.4 Å². The summed E-state index contributed by atoms with van der Waals surface area (Å²) in [6.45, 7) is 5.11. The number of carbonyl (C=O) groups excluding carboxylic acids is 2. The number of thiazole rings is 1. The van der Waals surface area contributed by atoms with Gasteiger partial charge in [-0.2, -0.15) is 0 Å².